The first-order chi connectivity index (χ1) is 12.1. The summed E-state index contributed by atoms with van der Waals surface area (Å²) in [6.07, 6.45) is 2.84. The Hall–Kier alpha value is -2.73. The van der Waals surface area contributed by atoms with Crippen molar-refractivity contribution in [1.82, 2.24) is 0 Å². The average Bonchev–Trinajstić information content (AvgIpc) is 2.61. The topological polar surface area (TPSA) is 111 Å². The molecule has 1 amide bonds. The van der Waals surface area contributed by atoms with Crippen LogP contribution < -0.4 is 20.9 Å². The number of nitrogen functional groups attached to an aromatic ring is 1. The lowest BCUT2D eigenvalue weighted by Gasteiger charge is -2.08. The normalized spacial score (nSPS) is 9.85. The molecule has 0 fully saturated rings. The minimum atomic E-state index is -0.442. The molecule has 0 heterocycles. The van der Waals surface area contributed by atoms with Gasteiger partial charge in [-0.1, -0.05) is 0 Å². The van der Waals surface area contributed by atoms with Gasteiger partial charge in [-0.3, -0.25) is 10.2 Å². The van der Waals surface area contributed by atoms with Crippen molar-refractivity contribution >= 4 is 24.1 Å². The maximum atomic E-state index is 11.0. The summed E-state index contributed by atoms with van der Waals surface area (Å²) in [5.41, 5.74) is 11.8. The van der Waals surface area contributed by atoms with E-state index in [9.17, 15) is 4.79 Å². The number of amidine groups is 1. The molecule has 140 valence electrons. The predicted octanol–water partition coefficient (Wildman–Crippen LogP) is 3.12. The number of amides is 1. The fourth-order valence-electron chi connectivity index (χ4n) is 2.21. The first-order valence-corrected chi connectivity index (χ1v) is 8.16. The van der Waals surface area contributed by atoms with Gasteiger partial charge < -0.3 is 20.9 Å². The second kappa shape index (κ2) is 11.0. The van der Waals surface area contributed by atoms with Gasteiger partial charge in [-0.2, -0.15) is 0 Å². The summed E-state index contributed by atoms with van der Waals surface area (Å²) in [7, 11) is 0. The molecule has 2 rings (SSSR count). The average molecular weight is 378 g/mol. The van der Waals surface area contributed by atoms with Crippen LogP contribution in [0.25, 0.3) is 0 Å². The van der Waals surface area contributed by atoms with Gasteiger partial charge in [0.05, 0.1) is 13.2 Å². The molecule has 0 saturated carbocycles. The van der Waals surface area contributed by atoms with Crippen LogP contribution in [-0.4, -0.2) is 25.0 Å². The van der Waals surface area contributed by atoms with Gasteiger partial charge in [0.1, 0.15) is 17.3 Å². The molecule has 0 spiro atoms. The van der Waals surface area contributed by atoms with Gasteiger partial charge in [0.25, 0.3) is 0 Å². The van der Waals surface area contributed by atoms with Crippen LogP contribution in [0.15, 0.2) is 48.5 Å². The molecule has 0 aliphatic rings. The van der Waals surface area contributed by atoms with Crippen molar-refractivity contribution in [3.05, 3.63) is 59.7 Å². The molecule has 0 aliphatic carbocycles. The molecule has 0 radical (unpaired) electrons. The van der Waals surface area contributed by atoms with Gasteiger partial charge in [-0.05, 0) is 67.8 Å². The highest BCUT2D eigenvalue weighted by molar-refractivity contribution is 5.95. The minimum absolute atomic E-state index is 0. The van der Waals surface area contributed by atoms with Crippen molar-refractivity contribution in [2.75, 3.05) is 13.2 Å². The highest BCUT2D eigenvalue weighted by atomic mass is 35.5. The van der Waals surface area contributed by atoms with Gasteiger partial charge in [-0.15, -0.1) is 12.4 Å². The van der Waals surface area contributed by atoms with E-state index in [1.54, 1.807) is 36.4 Å². The van der Waals surface area contributed by atoms with Crippen LogP contribution in [0.1, 0.15) is 35.2 Å². The molecular formula is C19H24ClN3O3. The summed E-state index contributed by atoms with van der Waals surface area (Å²) in [4.78, 5) is 11.0. The number of carbonyl (C=O) groups is 1. The van der Waals surface area contributed by atoms with Crippen molar-refractivity contribution in [2.24, 2.45) is 11.5 Å². The Bertz CT molecular complexity index is 641. The number of hydrogen-bond donors (Lipinski definition) is 3. The third-order valence-electron chi connectivity index (χ3n) is 3.63. The molecule has 2 aromatic carbocycles. The van der Waals surface area contributed by atoms with Gasteiger partial charge in [-0.25, -0.2) is 0 Å². The van der Waals surface area contributed by atoms with Crippen molar-refractivity contribution in [2.45, 2.75) is 19.3 Å². The molecule has 0 bridgehead atoms. The van der Waals surface area contributed by atoms with Crippen LogP contribution in [-0.2, 0) is 0 Å². The van der Waals surface area contributed by atoms with Gasteiger partial charge in [0.2, 0.25) is 5.91 Å². The molecule has 0 aromatic heterocycles. The molecule has 0 unspecified atom stereocenters. The summed E-state index contributed by atoms with van der Waals surface area (Å²) < 4.78 is 11.3. The SMILES string of the molecule is Cl.N=C(N)c1ccc(OCCCCCOc2ccc(C(N)=O)cc2)cc1. The number of nitrogens with one attached hydrogen (secondary N) is 1. The van der Waals surface area contributed by atoms with Crippen LogP contribution in [0.4, 0.5) is 0 Å². The summed E-state index contributed by atoms with van der Waals surface area (Å²) in [5, 5.41) is 7.33. The van der Waals surface area contributed by atoms with Crippen molar-refractivity contribution in [3.63, 3.8) is 0 Å². The van der Waals surface area contributed by atoms with Crippen LogP contribution in [0, 0.1) is 5.41 Å². The molecule has 6 nitrogen and oxygen atoms in total. The first kappa shape index (κ1) is 21.3. The minimum Gasteiger partial charge on any atom is -0.494 e. The number of unbranched alkanes of at least 4 members (excludes halogenated alkanes) is 2. The molecule has 2 aromatic rings. The Balaban J connectivity index is 0.00000338. The Kier molecular flexibility index (Phi) is 9.01. The maximum absolute atomic E-state index is 11.0. The monoisotopic (exact) mass is 377 g/mol. The smallest absolute Gasteiger partial charge is 0.248 e. The third kappa shape index (κ3) is 7.03. The van der Waals surface area contributed by atoms with Crippen LogP contribution in [0.5, 0.6) is 11.5 Å². The Morgan fingerprint density at radius 2 is 1.19 bits per heavy atom. The largest absolute Gasteiger partial charge is 0.494 e. The van der Waals surface area contributed by atoms with E-state index in [2.05, 4.69) is 0 Å². The second-order valence-electron chi connectivity index (χ2n) is 5.58. The first-order valence-electron chi connectivity index (χ1n) is 8.16. The number of carbonyl (C=O) groups excluding carboxylic acids is 1. The Morgan fingerprint density at radius 3 is 1.58 bits per heavy atom. The number of hydrogen-bond acceptors (Lipinski definition) is 4. The van der Waals surface area contributed by atoms with Crippen molar-refractivity contribution in [1.29, 1.82) is 5.41 Å². The van der Waals surface area contributed by atoms with Crippen molar-refractivity contribution in [3.8, 4) is 11.5 Å². The lowest BCUT2D eigenvalue weighted by Crippen LogP contribution is -2.10. The predicted molar refractivity (Wildman–Crippen MR) is 105 cm³/mol. The number of benzene rings is 2. The molecule has 5 N–H and O–H groups in total. The third-order valence-corrected chi connectivity index (χ3v) is 3.63. The fraction of sp³-hybridized carbons (Fsp3) is 0.263. The number of halogens is 1. The van der Waals surface area contributed by atoms with E-state index >= 15 is 0 Å². The van der Waals surface area contributed by atoms with E-state index in [0.29, 0.717) is 24.3 Å². The molecule has 0 aliphatic heterocycles. The lowest BCUT2D eigenvalue weighted by atomic mass is 10.2. The summed E-state index contributed by atoms with van der Waals surface area (Å²) in [5.74, 6) is 1.11. The maximum Gasteiger partial charge on any atom is 0.248 e. The second-order valence-corrected chi connectivity index (χ2v) is 5.58. The van der Waals surface area contributed by atoms with Crippen LogP contribution >= 0.6 is 12.4 Å². The number of rotatable bonds is 10. The van der Waals surface area contributed by atoms with E-state index in [-0.39, 0.29) is 18.2 Å². The number of ether oxygens (including phenoxy) is 2. The molecular weight excluding hydrogens is 354 g/mol. The van der Waals surface area contributed by atoms with Crippen LogP contribution in [0.2, 0.25) is 0 Å². The quantitative estimate of drug-likeness (QED) is 0.335. The molecule has 0 atom stereocenters. The standard InChI is InChI=1S/C19H23N3O3.ClH/c20-18(21)14-4-8-16(9-5-14)24-12-2-1-3-13-25-17-10-6-15(7-11-17)19(22)23;/h4-11H,1-3,12-13H2,(H3,20,21)(H2,22,23);1H. The Labute approximate surface area is 159 Å². The zero-order valence-corrected chi connectivity index (χ0v) is 15.3. The Morgan fingerprint density at radius 1 is 0.769 bits per heavy atom. The van der Waals surface area contributed by atoms with E-state index in [0.717, 1.165) is 30.8 Å². The molecule has 0 saturated heterocycles. The molecule has 26 heavy (non-hydrogen) atoms. The van der Waals surface area contributed by atoms with E-state index in [1.807, 2.05) is 12.1 Å². The fourth-order valence-corrected chi connectivity index (χ4v) is 2.21. The highest BCUT2D eigenvalue weighted by Crippen LogP contribution is 2.14. The molecule has 7 heteroatoms. The van der Waals surface area contributed by atoms with Gasteiger partial charge >= 0.3 is 0 Å². The van der Waals surface area contributed by atoms with Crippen molar-refractivity contribution < 1.29 is 14.3 Å². The lowest BCUT2D eigenvalue weighted by molar-refractivity contribution is 0.100. The summed E-state index contributed by atoms with van der Waals surface area (Å²) >= 11 is 0. The number of nitrogens with two attached hydrogens (primary N) is 2. The summed E-state index contributed by atoms with van der Waals surface area (Å²) in [6, 6.07) is 14.0. The zero-order valence-electron chi connectivity index (χ0n) is 14.4. The van der Waals surface area contributed by atoms with Crippen LogP contribution in [0.3, 0.4) is 0 Å². The number of primary amides is 1. The van der Waals surface area contributed by atoms with Gasteiger partial charge in [0, 0.05) is 11.1 Å². The summed E-state index contributed by atoms with van der Waals surface area (Å²) in [6.45, 7) is 1.25. The van der Waals surface area contributed by atoms with E-state index < -0.39 is 5.91 Å². The highest BCUT2D eigenvalue weighted by Gasteiger charge is 2.01. The van der Waals surface area contributed by atoms with E-state index in [1.165, 1.54) is 0 Å². The van der Waals surface area contributed by atoms with Gasteiger partial charge in [0.15, 0.2) is 0 Å². The van der Waals surface area contributed by atoms with E-state index in [4.69, 9.17) is 26.4 Å². The zero-order chi connectivity index (χ0) is 18.1.